The molecule has 0 aromatic carbocycles. The fourth-order valence-corrected chi connectivity index (χ4v) is 3.56. The van der Waals surface area contributed by atoms with Gasteiger partial charge in [0, 0.05) is 11.2 Å². The Morgan fingerprint density at radius 3 is 3.00 bits per heavy atom. The summed E-state index contributed by atoms with van der Waals surface area (Å²) >= 11 is 7.35. The Kier molecular flexibility index (Phi) is 5.56. The van der Waals surface area contributed by atoms with E-state index in [2.05, 4.69) is 50.8 Å². The molecule has 19 heavy (non-hydrogen) atoms. The first kappa shape index (κ1) is 15.2. The second kappa shape index (κ2) is 6.97. The van der Waals surface area contributed by atoms with Gasteiger partial charge in [-0.1, -0.05) is 50.8 Å². The van der Waals surface area contributed by atoms with E-state index < -0.39 is 0 Å². The summed E-state index contributed by atoms with van der Waals surface area (Å²) in [6.07, 6.45) is 14.2. The molecule has 2 heterocycles. The van der Waals surface area contributed by atoms with E-state index in [1.165, 1.54) is 0 Å². The molecule has 0 radical (unpaired) electrons. The van der Waals surface area contributed by atoms with Gasteiger partial charge in [0.05, 0.1) is 6.10 Å². The van der Waals surface area contributed by atoms with Gasteiger partial charge in [-0.3, -0.25) is 0 Å². The molecule has 0 saturated carbocycles. The van der Waals surface area contributed by atoms with E-state index in [4.69, 9.17) is 15.9 Å². The van der Waals surface area contributed by atoms with Crippen LogP contribution in [0, 0.1) is 12.3 Å². The molecule has 2 fully saturated rings. The molecule has 0 spiro atoms. The van der Waals surface area contributed by atoms with Crippen LogP contribution < -0.4 is 0 Å². The average Bonchev–Trinajstić information content (AvgIpc) is 2.95. The zero-order chi connectivity index (χ0) is 13.8. The highest BCUT2D eigenvalue weighted by Gasteiger charge is 2.49. The summed E-state index contributed by atoms with van der Waals surface area (Å²) in [5.41, 5.74) is 0. The van der Waals surface area contributed by atoms with E-state index in [1.807, 2.05) is 6.08 Å². The van der Waals surface area contributed by atoms with E-state index in [0.29, 0.717) is 4.83 Å². The Morgan fingerprint density at radius 2 is 2.37 bits per heavy atom. The quantitative estimate of drug-likeness (QED) is 0.535. The summed E-state index contributed by atoms with van der Waals surface area (Å²) in [5, 5.41) is 0. The summed E-state index contributed by atoms with van der Waals surface area (Å²) in [4.78, 5) is 0.561. The van der Waals surface area contributed by atoms with Crippen LogP contribution >= 0.6 is 31.9 Å². The lowest BCUT2D eigenvalue weighted by atomic mass is 10.1. The van der Waals surface area contributed by atoms with Crippen molar-refractivity contribution < 1.29 is 9.47 Å². The minimum absolute atomic E-state index is 0.125. The van der Waals surface area contributed by atoms with Gasteiger partial charge in [0.25, 0.3) is 0 Å². The normalized spacial score (nSPS) is 37.3. The third-order valence-corrected chi connectivity index (χ3v) is 5.68. The molecular weight excluding hydrogens is 372 g/mol. The first-order chi connectivity index (χ1) is 9.17. The third-order valence-electron chi connectivity index (χ3n) is 3.47. The molecule has 4 heteroatoms. The Labute approximate surface area is 131 Å². The van der Waals surface area contributed by atoms with Crippen molar-refractivity contribution in [2.45, 2.75) is 54.2 Å². The molecule has 0 N–H and O–H groups in total. The fourth-order valence-electron chi connectivity index (χ4n) is 2.46. The predicted molar refractivity (Wildman–Crippen MR) is 84.5 cm³/mol. The van der Waals surface area contributed by atoms with Gasteiger partial charge < -0.3 is 9.47 Å². The van der Waals surface area contributed by atoms with Crippen LogP contribution in [0.5, 0.6) is 0 Å². The minimum atomic E-state index is 0.125. The highest BCUT2D eigenvalue weighted by atomic mass is 79.9. The van der Waals surface area contributed by atoms with E-state index in [1.54, 1.807) is 6.08 Å². The van der Waals surface area contributed by atoms with Gasteiger partial charge in [0.1, 0.15) is 22.8 Å². The average molecular weight is 390 g/mol. The van der Waals surface area contributed by atoms with Crippen LogP contribution in [0.4, 0.5) is 0 Å². The summed E-state index contributed by atoms with van der Waals surface area (Å²) < 4.78 is 12.1. The molecule has 0 aliphatic carbocycles. The standard InChI is InChI=1S/C15H18Br2O2/c1-3-5-6-7-8-11-14(17)15-13(18-11)9-12(19-15)10(16)4-2/h1,5-6,8,10,12-15H,4,7,9H2,2H3/b6-5-,11-8+/t10-,12+,13-,14+,15+/m0/s1. The summed E-state index contributed by atoms with van der Waals surface area (Å²) in [6.45, 7) is 2.16. The number of fused-ring (bicyclic) bond motifs is 1. The van der Waals surface area contributed by atoms with Gasteiger partial charge in [0.15, 0.2) is 0 Å². The van der Waals surface area contributed by atoms with E-state index in [9.17, 15) is 0 Å². The van der Waals surface area contributed by atoms with Crippen molar-refractivity contribution in [2.75, 3.05) is 0 Å². The van der Waals surface area contributed by atoms with E-state index in [0.717, 1.165) is 25.0 Å². The lowest BCUT2D eigenvalue weighted by Gasteiger charge is -2.18. The number of halogens is 2. The van der Waals surface area contributed by atoms with Crippen LogP contribution in [0.3, 0.4) is 0 Å². The largest absolute Gasteiger partial charge is 0.491 e. The molecule has 2 aliphatic rings. The van der Waals surface area contributed by atoms with Crippen LogP contribution in [-0.2, 0) is 9.47 Å². The number of allylic oxidation sites excluding steroid dienone is 3. The molecule has 0 aromatic heterocycles. The lowest BCUT2D eigenvalue weighted by Crippen LogP contribution is -2.25. The highest BCUT2D eigenvalue weighted by Crippen LogP contribution is 2.42. The van der Waals surface area contributed by atoms with Gasteiger partial charge in [-0.2, -0.15) is 0 Å². The highest BCUT2D eigenvalue weighted by molar-refractivity contribution is 9.09. The molecule has 2 aliphatic heterocycles. The van der Waals surface area contributed by atoms with Gasteiger partial charge in [-0.25, -0.2) is 0 Å². The number of rotatable bonds is 4. The molecule has 2 saturated heterocycles. The Morgan fingerprint density at radius 1 is 1.58 bits per heavy atom. The van der Waals surface area contributed by atoms with Crippen molar-refractivity contribution in [1.29, 1.82) is 0 Å². The Hall–Kier alpha value is -0.240. The molecule has 0 aromatic rings. The number of hydrogen-bond donors (Lipinski definition) is 0. The first-order valence-corrected chi connectivity index (χ1v) is 8.42. The zero-order valence-electron chi connectivity index (χ0n) is 10.9. The Balaban J connectivity index is 1.93. The van der Waals surface area contributed by atoms with Crippen LogP contribution in [-0.4, -0.2) is 28.0 Å². The molecule has 5 atom stereocenters. The zero-order valence-corrected chi connectivity index (χ0v) is 14.1. The van der Waals surface area contributed by atoms with Crippen molar-refractivity contribution in [2.24, 2.45) is 0 Å². The van der Waals surface area contributed by atoms with Gasteiger partial charge >= 0.3 is 0 Å². The number of ether oxygens (including phenoxy) is 2. The number of alkyl halides is 2. The molecule has 0 unspecified atom stereocenters. The van der Waals surface area contributed by atoms with Crippen LogP contribution in [0.15, 0.2) is 24.0 Å². The van der Waals surface area contributed by atoms with Crippen LogP contribution in [0.2, 0.25) is 0 Å². The van der Waals surface area contributed by atoms with Gasteiger partial charge in [-0.15, -0.1) is 6.42 Å². The molecular formula is C15H18Br2O2. The smallest absolute Gasteiger partial charge is 0.128 e. The van der Waals surface area contributed by atoms with Crippen molar-refractivity contribution in [3.8, 4) is 12.3 Å². The molecule has 0 amide bonds. The summed E-state index contributed by atoms with van der Waals surface area (Å²) in [5.74, 6) is 3.45. The van der Waals surface area contributed by atoms with Gasteiger partial charge in [0.2, 0.25) is 0 Å². The summed E-state index contributed by atoms with van der Waals surface area (Å²) in [7, 11) is 0. The van der Waals surface area contributed by atoms with Crippen LogP contribution in [0.25, 0.3) is 0 Å². The lowest BCUT2D eigenvalue weighted by molar-refractivity contribution is 0.0416. The van der Waals surface area contributed by atoms with Crippen LogP contribution in [0.1, 0.15) is 26.2 Å². The first-order valence-electron chi connectivity index (χ1n) is 6.58. The van der Waals surface area contributed by atoms with Gasteiger partial charge in [-0.05, 0) is 25.0 Å². The molecule has 2 rings (SSSR count). The molecule has 104 valence electrons. The molecule has 0 bridgehead atoms. The van der Waals surface area contributed by atoms with Crippen molar-refractivity contribution in [3.63, 3.8) is 0 Å². The number of terminal acetylenes is 1. The second-order valence-corrected chi connectivity index (χ2v) is 6.93. The van der Waals surface area contributed by atoms with E-state index in [-0.39, 0.29) is 23.1 Å². The monoisotopic (exact) mass is 388 g/mol. The topological polar surface area (TPSA) is 18.5 Å². The van der Waals surface area contributed by atoms with Crippen molar-refractivity contribution in [3.05, 3.63) is 24.0 Å². The van der Waals surface area contributed by atoms with Crippen molar-refractivity contribution in [1.82, 2.24) is 0 Å². The summed E-state index contributed by atoms with van der Waals surface area (Å²) in [6, 6.07) is 0. The maximum Gasteiger partial charge on any atom is 0.128 e. The maximum absolute atomic E-state index is 6.10. The fraction of sp³-hybridized carbons (Fsp3) is 0.600. The predicted octanol–water partition coefficient (Wildman–Crippen LogP) is 3.94. The Bertz CT molecular complexity index is 411. The third kappa shape index (κ3) is 3.45. The molecule has 2 nitrogen and oxygen atoms in total. The van der Waals surface area contributed by atoms with Crippen molar-refractivity contribution >= 4 is 31.9 Å². The number of hydrogen-bond acceptors (Lipinski definition) is 2. The second-order valence-electron chi connectivity index (χ2n) is 4.77. The maximum atomic E-state index is 6.10. The van der Waals surface area contributed by atoms with E-state index >= 15 is 0 Å². The minimum Gasteiger partial charge on any atom is -0.491 e. The SMILES string of the molecule is C#C/C=C\C/C=C1/O[C@H]2C[C@H]([C@@H](Br)CC)O[C@H]2[C@@H]1Br.